The van der Waals surface area contributed by atoms with Gasteiger partial charge in [0.2, 0.25) is 0 Å². The lowest BCUT2D eigenvalue weighted by Gasteiger charge is -2.04. The second-order valence-corrected chi connectivity index (χ2v) is 4.01. The number of aromatic amines is 1. The van der Waals surface area contributed by atoms with Gasteiger partial charge in [0.1, 0.15) is 5.65 Å². The number of pyridine rings is 1. The number of nitrogens with zero attached hydrogens (tertiary/aromatic N) is 3. The van der Waals surface area contributed by atoms with Crippen molar-refractivity contribution in [1.82, 2.24) is 19.1 Å². The zero-order valence-electron chi connectivity index (χ0n) is 9.62. The second-order valence-electron chi connectivity index (χ2n) is 4.01. The monoisotopic (exact) mass is 242 g/mol. The van der Waals surface area contributed by atoms with Gasteiger partial charge < -0.3 is 4.57 Å². The van der Waals surface area contributed by atoms with E-state index in [1.807, 2.05) is 29.9 Å². The third-order valence-corrected chi connectivity index (χ3v) is 2.79. The molecule has 3 rings (SSSR count). The van der Waals surface area contributed by atoms with E-state index >= 15 is 0 Å². The van der Waals surface area contributed by atoms with Crippen molar-refractivity contribution in [2.24, 2.45) is 7.05 Å². The van der Waals surface area contributed by atoms with Crippen LogP contribution in [0.25, 0.3) is 16.7 Å². The number of fused-ring (bicyclic) bond motifs is 1. The summed E-state index contributed by atoms with van der Waals surface area (Å²) in [4.78, 5) is 29.2. The maximum Gasteiger partial charge on any atom is 0.332 e. The largest absolute Gasteiger partial charge is 0.336 e. The van der Waals surface area contributed by atoms with Gasteiger partial charge in [-0.15, -0.1) is 0 Å². The highest BCUT2D eigenvalue weighted by atomic mass is 16.2. The first-order valence-corrected chi connectivity index (χ1v) is 5.38. The zero-order chi connectivity index (χ0) is 12.7. The minimum Gasteiger partial charge on any atom is -0.336 e. The molecule has 0 aromatic carbocycles. The molecular formula is C12H10N4O2. The van der Waals surface area contributed by atoms with Crippen molar-refractivity contribution in [2.45, 2.75) is 0 Å². The molecular weight excluding hydrogens is 232 g/mol. The minimum atomic E-state index is -0.473. The molecule has 6 heteroatoms. The van der Waals surface area contributed by atoms with Crippen LogP contribution in [0.1, 0.15) is 0 Å². The summed E-state index contributed by atoms with van der Waals surface area (Å²) in [5, 5.41) is 0.938. The van der Waals surface area contributed by atoms with E-state index in [1.54, 1.807) is 6.20 Å². The van der Waals surface area contributed by atoms with Crippen LogP contribution in [0.3, 0.4) is 0 Å². The maximum absolute atomic E-state index is 11.7. The highest BCUT2D eigenvalue weighted by molar-refractivity contribution is 5.77. The van der Waals surface area contributed by atoms with Crippen molar-refractivity contribution in [3.05, 3.63) is 57.6 Å². The van der Waals surface area contributed by atoms with Gasteiger partial charge in [-0.2, -0.15) is 0 Å². The third-order valence-electron chi connectivity index (χ3n) is 2.79. The Labute approximate surface area is 101 Å². The Bertz CT molecular complexity index is 841. The van der Waals surface area contributed by atoms with Crippen molar-refractivity contribution in [3.63, 3.8) is 0 Å². The summed E-state index contributed by atoms with van der Waals surface area (Å²) in [7, 11) is 1.90. The summed E-state index contributed by atoms with van der Waals surface area (Å²) >= 11 is 0. The van der Waals surface area contributed by atoms with Crippen LogP contribution in [0.5, 0.6) is 0 Å². The zero-order valence-corrected chi connectivity index (χ0v) is 9.62. The van der Waals surface area contributed by atoms with Crippen molar-refractivity contribution >= 4 is 11.0 Å². The Morgan fingerprint density at radius 2 is 2.06 bits per heavy atom. The lowest BCUT2D eigenvalue weighted by Crippen LogP contribution is -2.27. The Kier molecular flexibility index (Phi) is 2.16. The molecule has 0 fully saturated rings. The van der Waals surface area contributed by atoms with Gasteiger partial charge in [-0.3, -0.25) is 14.3 Å². The molecule has 0 bridgehead atoms. The first kappa shape index (κ1) is 10.5. The van der Waals surface area contributed by atoms with Crippen LogP contribution in [-0.2, 0) is 7.05 Å². The van der Waals surface area contributed by atoms with Gasteiger partial charge in [-0.1, -0.05) is 0 Å². The van der Waals surface area contributed by atoms with E-state index in [9.17, 15) is 9.59 Å². The van der Waals surface area contributed by atoms with Gasteiger partial charge in [0.25, 0.3) is 5.56 Å². The molecule has 3 aromatic rings. The van der Waals surface area contributed by atoms with Crippen molar-refractivity contribution in [3.8, 4) is 5.69 Å². The second kappa shape index (κ2) is 3.69. The molecule has 0 atom stereocenters. The molecule has 0 unspecified atom stereocenters. The molecule has 18 heavy (non-hydrogen) atoms. The molecule has 3 heterocycles. The van der Waals surface area contributed by atoms with E-state index in [4.69, 9.17) is 0 Å². The van der Waals surface area contributed by atoms with Gasteiger partial charge in [0.15, 0.2) is 0 Å². The smallest absolute Gasteiger partial charge is 0.332 e. The topological polar surface area (TPSA) is 72.7 Å². The Balaban J connectivity index is 2.25. The van der Waals surface area contributed by atoms with Crippen LogP contribution in [0.2, 0.25) is 0 Å². The fourth-order valence-corrected chi connectivity index (χ4v) is 1.90. The fraction of sp³-hybridized carbons (Fsp3) is 0.0833. The van der Waals surface area contributed by atoms with Crippen LogP contribution in [0, 0.1) is 0 Å². The summed E-state index contributed by atoms with van der Waals surface area (Å²) in [6.45, 7) is 0. The highest BCUT2D eigenvalue weighted by Crippen LogP contribution is 2.15. The molecule has 0 spiro atoms. The van der Waals surface area contributed by atoms with Crippen LogP contribution >= 0.6 is 0 Å². The summed E-state index contributed by atoms with van der Waals surface area (Å²) in [5.41, 5.74) is 0.579. The predicted molar refractivity (Wildman–Crippen MR) is 66.9 cm³/mol. The number of rotatable bonds is 1. The van der Waals surface area contributed by atoms with Crippen LogP contribution in [0.4, 0.5) is 0 Å². The van der Waals surface area contributed by atoms with E-state index in [0.29, 0.717) is 5.69 Å². The van der Waals surface area contributed by atoms with Gasteiger partial charge in [0.05, 0.1) is 11.9 Å². The molecule has 0 radical (unpaired) electrons. The normalized spacial score (nSPS) is 10.9. The standard InChI is InChI=1S/C12H10N4O2/c1-15-4-2-8-6-9(7-13-11(8)15)16-5-3-10(17)14-12(16)18/h2-7H,1H3,(H,14,17,18). The summed E-state index contributed by atoms with van der Waals surface area (Å²) < 4.78 is 3.25. The van der Waals surface area contributed by atoms with Gasteiger partial charge in [-0.05, 0) is 12.1 Å². The molecule has 0 aliphatic rings. The SMILES string of the molecule is Cn1ccc2cc(-n3ccc(=O)[nH]c3=O)cnc21. The fourth-order valence-electron chi connectivity index (χ4n) is 1.90. The van der Waals surface area contributed by atoms with Gasteiger partial charge in [0, 0.05) is 30.9 Å². The average molecular weight is 242 g/mol. The molecule has 0 amide bonds. The number of hydrogen-bond acceptors (Lipinski definition) is 3. The Morgan fingerprint density at radius 1 is 1.22 bits per heavy atom. The van der Waals surface area contributed by atoms with Crippen molar-refractivity contribution < 1.29 is 0 Å². The average Bonchev–Trinajstić information content (AvgIpc) is 2.71. The number of nitrogens with one attached hydrogen (secondary N) is 1. The number of aromatic nitrogens is 4. The molecule has 0 aliphatic heterocycles. The number of hydrogen-bond donors (Lipinski definition) is 1. The van der Waals surface area contributed by atoms with Crippen LogP contribution < -0.4 is 11.2 Å². The van der Waals surface area contributed by atoms with E-state index in [1.165, 1.54) is 16.8 Å². The Hall–Kier alpha value is -2.63. The molecule has 6 nitrogen and oxygen atoms in total. The van der Waals surface area contributed by atoms with E-state index in [2.05, 4.69) is 9.97 Å². The molecule has 0 aliphatic carbocycles. The molecule has 3 aromatic heterocycles. The first-order chi connectivity index (χ1) is 8.65. The predicted octanol–water partition coefficient (Wildman–Crippen LogP) is 0.413. The quantitative estimate of drug-likeness (QED) is 0.671. The van der Waals surface area contributed by atoms with Crippen LogP contribution in [-0.4, -0.2) is 19.1 Å². The first-order valence-electron chi connectivity index (χ1n) is 5.38. The van der Waals surface area contributed by atoms with E-state index in [0.717, 1.165) is 11.0 Å². The summed E-state index contributed by atoms with van der Waals surface area (Å²) in [6.07, 6.45) is 4.94. The van der Waals surface area contributed by atoms with E-state index in [-0.39, 0.29) is 0 Å². The molecule has 0 saturated heterocycles. The summed E-state index contributed by atoms with van der Waals surface area (Å²) in [5.74, 6) is 0. The van der Waals surface area contributed by atoms with Crippen LogP contribution in [0.15, 0.2) is 46.4 Å². The van der Waals surface area contributed by atoms with Crippen molar-refractivity contribution in [2.75, 3.05) is 0 Å². The molecule has 90 valence electrons. The maximum atomic E-state index is 11.7. The lowest BCUT2D eigenvalue weighted by molar-refractivity contribution is 0.889. The number of H-pyrrole nitrogens is 1. The summed E-state index contributed by atoms with van der Waals surface area (Å²) in [6, 6.07) is 5.07. The van der Waals surface area contributed by atoms with Gasteiger partial charge in [-0.25, -0.2) is 9.78 Å². The lowest BCUT2D eigenvalue weighted by atomic mass is 10.3. The Morgan fingerprint density at radius 3 is 2.83 bits per heavy atom. The minimum absolute atomic E-state index is 0.412. The highest BCUT2D eigenvalue weighted by Gasteiger charge is 2.04. The van der Waals surface area contributed by atoms with Crippen molar-refractivity contribution in [1.29, 1.82) is 0 Å². The van der Waals surface area contributed by atoms with Gasteiger partial charge >= 0.3 is 5.69 Å². The third kappa shape index (κ3) is 1.55. The number of aryl methyl sites for hydroxylation is 1. The molecule has 0 saturated carbocycles. The molecule has 1 N–H and O–H groups in total. The van der Waals surface area contributed by atoms with E-state index < -0.39 is 11.2 Å².